The molecule has 1 saturated heterocycles. The van der Waals surface area contributed by atoms with Crippen LogP contribution in [-0.2, 0) is 52.3 Å². The molecule has 2 atom stereocenters. The number of ether oxygens (including phenoxy) is 8. The van der Waals surface area contributed by atoms with Crippen LogP contribution >= 0.6 is 0 Å². The molecule has 1 aromatic rings. The number of carbonyl (C=O) groups excluding carboxylic acids is 5. The normalized spacial score (nSPS) is 16.2. The van der Waals surface area contributed by atoms with Crippen molar-refractivity contribution in [2.24, 2.45) is 5.92 Å². The fourth-order valence-corrected chi connectivity index (χ4v) is 5.60. The predicted molar refractivity (Wildman–Crippen MR) is 192 cm³/mol. The van der Waals surface area contributed by atoms with Crippen LogP contribution in [0.4, 0.5) is 5.69 Å². The van der Waals surface area contributed by atoms with E-state index in [4.69, 9.17) is 37.9 Å². The lowest BCUT2D eigenvalue weighted by Gasteiger charge is -2.27. The van der Waals surface area contributed by atoms with Gasteiger partial charge in [0.05, 0.1) is 110 Å². The molecule has 16 nitrogen and oxygen atoms in total. The van der Waals surface area contributed by atoms with Crippen LogP contribution in [0, 0.1) is 5.92 Å². The average molecular weight is 752 g/mol. The van der Waals surface area contributed by atoms with Gasteiger partial charge in [-0.05, 0) is 31.4 Å². The summed E-state index contributed by atoms with van der Waals surface area (Å²) in [5.41, 5.74) is 0.903. The molecule has 53 heavy (non-hydrogen) atoms. The lowest BCUT2D eigenvalue weighted by molar-refractivity contribution is -0.150. The van der Waals surface area contributed by atoms with Crippen LogP contribution in [0.5, 0.6) is 0 Å². The zero-order valence-corrected chi connectivity index (χ0v) is 31.2. The van der Waals surface area contributed by atoms with Crippen molar-refractivity contribution in [3.8, 4) is 0 Å². The summed E-state index contributed by atoms with van der Waals surface area (Å²) >= 11 is 0. The Hall–Kier alpha value is -3.51. The molecule has 2 aliphatic rings. The molecule has 0 spiro atoms. The van der Waals surface area contributed by atoms with Gasteiger partial charge in [0.25, 0.3) is 11.8 Å². The van der Waals surface area contributed by atoms with Gasteiger partial charge in [-0.3, -0.25) is 34.2 Å². The minimum atomic E-state index is -1.01. The Morgan fingerprint density at radius 3 is 1.79 bits per heavy atom. The van der Waals surface area contributed by atoms with Gasteiger partial charge in [0.15, 0.2) is 0 Å². The van der Waals surface area contributed by atoms with Crippen LogP contribution in [0.2, 0.25) is 0 Å². The van der Waals surface area contributed by atoms with Gasteiger partial charge in [0.2, 0.25) is 11.8 Å². The predicted octanol–water partition coefficient (Wildman–Crippen LogP) is 2.38. The van der Waals surface area contributed by atoms with Crippen LogP contribution in [0.3, 0.4) is 0 Å². The third kappa shape index (κ3) is 15.8. The van der Waals surface area contributed by atoms with Crippen molar-refractivity contribution in [2.45, 2.75) is 58.4 Å². The summed E-state index contributed by atoms with van der Waals surface area (Å²) in [6, 6.07) is 3.90. The van der Waals surface area contributed by atoms with Gasteiger partial charge in [-0.1, -0.05) is 32.8 Å². The van der Waals surface area contributed by atoms with E-state index in [0.29, 0.717) is 105 Å². The molecule has 2 heterocycles. The number of benzene rings is 1. The number of piperidine rings is 1. The summed E-state index contributed by atoms with van der Waals surface area (Å²) in [6.45, 7) is 10.6. The van der Waals surface area contributed by atoms with E-state index in [1.165, 1.54) is 0 Å². The summed E-state index contributed by atoms with van der Waals surface area (Å²) in [5.74, 6) is -2.33. The smallest absolute Gasteiger partial charge is 0.308 e. The first-order chi connectivity index (χ1) is 25.9. The molecule has 0 saturated carbocycles. The minimum absolute atomic E-state index is 0.0206. The van der Waals surface area contributed by atoms with Crippen LogP contribution in [0.15, 0.2) is 18.2 Å². The number of nitrogens with one attached hydrogen (secondary N) is 2. The Labute approximate surface area is 311 Å². The minimum Gasteiger partial charge on any atom is -0.463 e. The molecular formula is C37H57N3O13. The molecule has 2 N–H and O–H groups in total. The van der Waals surface area contributed by atoms with E-state index < -0.39 is 29.7 Å². The molecule has 1 aromatic carbocycles. The number of hydrogen-bond donors (Lipinski definition) is 2. The summed E-state index contributed by atoms with van der Waals surface area (Å²) in [5, 5.41) is 5.33. The first-order valence-electron chi connectivity index (χ1n) is 18.7. The highest BCUT2D eigenvalue weighted by atomic mass is 16.6. The number of imide groups is 2. The number of fused-ring (bicyclic) bond motifs is 1. The maximum absolute atomic E-state index is 13.1. The highest BCUT2D eigenvalue weighted by molar-refractivity contribution is 6.25. The molecule has 4 amide bonds. The largest absolute Gasteiger partial charge is 0.463 e. The summed E-state index contributed by atoms with van der Waals surface area (Å²) in [7, 11) is 0. The zero-order chi connectivity index (χ0) is 38.1. The van der Waals surface area contributed by atoms with Crippen molar-refractivity contribution in [1.82, 2.24) is 10.2 Å². The second-order valence-electron chi connectivity index (χ2n) is 12.3. The zero-order valence-electron chi connectivity index (χ0n) is 31.2. The first-order valence-corrected chi connectivity index (χ1v) is 18.7. The van der Waals surface area contributed by atoms with Crippen molar-refractivity contribution in [1.29, 1.82) is 0 Å². The Balaban J connectivity index is 1.06. The van der Waals surface area contributed by atoms with Gasteiger partial charge < -0.3 is 43.2 Å². The van der Waals surface area contributed by atoms with Crippen LogP contribution < -0.4 is 10.6 Å². The van der Waals surface area contributed by atoms with Crippen molar-refractivity contribution < 1.29 is 61.9 Å². The highest BCUT2D eigenvalue weighted by Crippen LogP contribution is 2.32. The molecule has 298 valence electrons. The van der Waals surface area contributed by atoms with E-state index in [1.807, 2.05) is 6.92 Å². The number of amides is 4. The Morgan fingerprint density at radius 2 is 1.28 bits per heavy atom. The van der Waals surface area contributed by atoms with Gasteiger partial charge in [0, 0.05) is 18.7 Å². The van der Waals surface area contributed by atoms with E-state index in [0.717, 1.165) is 30.6 Å². The molecule has 3 rings (SSSR count). The van der Waals surface area contributed by atoms with E-state index in [9.17, 15) is 24.0 Å². The van der Waals surface area contributed by atoms with Gasteiger partial charge >= 0.3 is 5.97 Å². The van der Waals surface area contributed by atoms with Crippen LogP contribution in [0.1, 0.15) is 73.1 Å². The van der Waals surface area contributed by atoms with Crippen molar-refractivity contribution in [3.05, 3.63) is 29.3 Å². The lowest BCUT2D eigenvalue weighted by atomic mass is 10.00. The number of esters is 1. The maximum Gasteiger partial charge on any atom is 0.308 e. The molecule has 2 aliphatic heterocycles. The quantitative estimate of drug-likeness (QED) is 0.0640. The van der Waals surface area contributed by atoms with Gasteiger partial charge in [-0.15, -0.1) is 0 Å². The topological polar surface area (TPSA) is 186 Å². The number of hydrogen-bond acceptors (Lipinski definition) is 14. The third-order valence-corrected chi connectivity index (χ3v) is 8.47. The van der Waals surface area contributed by atoms with E-state index >= 15 is 0 Å². The molecule has 16 heteroatoms. The fourth-order valence-electron chi connectivity index (χ4n) is 5.60. The standard InChI is InChI=1S/C37H57N3O13/c1-3-5-7-28(4-2)37(45)53-27-26-52-25-24-51-23-22-50-21-20-49-19-18-48-17-16-47-15-14-46-13-12-38-30-9-6-8-29-33(30)36(44)40(35(29)43)31-10-11-32(41)39-34(31)42/h6,8-9,28,31,38H,3-5,7,10-27H2,1-2H3,(H,39,41,42). The molecule has 2 unspecified atom stereocenters. The first kappa shape index (κ1) is 43.9. The van der Waals surface area contributed by atoms with Gasteiger partial charge in [-0.25, -0.2) is 0 Å². The van der Waals surface area contributed by atoms with Crippen molar-refractivity contribution in [3.63, 3.8) is 0 Å². The highest BCUT2D eigenvalue weighted by Gasteiger charge is 2.45. The van der Waals surface area contributed by atoms with Crippen molar-refractivity contribution >= 4 is 35.3 Å². The monoisotopic (exact) mass is 751 g/mol. The van der Waals surface area contributed by atoms with E-state index in [1.54, 1.807) is 18.2 Å². The second kappa shape index (κ2) is 26.3. The lowest BCUT2D eigenvalue weighted by Crippen LogP contribution is -2.54. The molecule has 0 aliphatic carbocycles. The molecule has 0 radical (unpaired) electrons. The number of carbonyl (C=O) groups is 5. The maximum atomic E-state index is 13.1. The van der Waals surface area contributed by atoms with Crippen LogP contribution in [-0.4, -0.2) is 146 Å². The third-order valence-electron chi connectivity index (χ3n) is 8.47. The Bertz CT molecular complexity index is 1280. The number of unbranched alkanes of at least 4 members (excludes halogenated alkanes) is 1. The molecule has 0 aromatic heterocycles. The summed E-state index contributed by atoms with van der Waals surface area (Å²) in [4.78, 5) is 62.9. The van der Waals surface area contributed by atoms with Crippen LogP contribution in [0.25, 0.3) is 0 Å². The van der Waals surface area contributed by atoms with Gasteiger partial charge in [-0.2, -0.15) is 0 Å². The molecular weight excluding hydrogens is 694 g/mol. The van der Waals surface area contributed by atoms with E-state index in [2.05, 4.69) is 17.6 Å². The Morgan fingerprint density at radius 1 is 0.755 bits per heavy atom. The SMILES string of the molecule is CCCCC(CC)C(=O)OCCOCCOCCOCCOCCOCCOCCOCCNc1cccc2c1C(=O)N(C1CCC(=O)NC1=O)C2=O. The number of rotatable bonds is 31. The molecule has 0 bridgehead atoms. The van der Waals surface area contributed by atoms with E-state index in [-0.39, 0.29) is 42.5 Å². The second-order valence-corrected chi connectivity index (χ2v) is 12.3. The number of nitrogens with zero attached hydrogens (tertiary/aromatic N) is 1. The summed E-state index contributed by atoms with van der Waals surface area (Å²) in [6.07, 6.45) is 3.94. The average Bonchev–Trinajstić information content (AvgIpc) is 3.41. The van der Waals surface area contributed by atoms with Gasteiger partial charge in [0.1, 0.15) is 12.6 Å². The van der Waals surface area contributed by atoms with Crippen molar-refractivity contribution in [2.75, 3.05) is 111 Å². The molecule has 1 fully saturated rings. The fraction of sp³-hybridized carbons (Fsp3) is 0.703. The Kier molecular flexibility index (Phi) is 21.8. The number of anilines is 1. The summed E-state index contributed by atoms with van der Waals surface area (Å²) < 4.78 is 43.8.